The molecule has 0 saturated heterocycles. The van der Waals surface area contributed by atoms with Gasteiger partial charge in [0.2, 0.25) is 0 Å². The van der Waals surface area contributed by atoms with Gasteiger partial charge in [-0.3, -0.25) is 4.79 Å². The third-order valence-corrected chi connectivity index (χ3v) is 4.00. The molecule has 0 unspecified atom stereocenters. The van der Waals surface area contributed by atoms with E-state index in [0.29, 0.717) is 16.7 Å². The summed E-state index contributed by atoms with van der Waals surface area (Å²) in [5, 5.41) is 21.0. The van der Waals surface area contributed by atoms with Gasteiger partial charge in [0.1, 0.15) is 0 Å². The predicted octanol–water partition coefficient (Wildman–Crippen LogP) is 4.00. The van der Waals surface area contributed by atoms with E-state index in [4.69, 9.17) is 5.11 Å². The van der Waals surface area contributed by atoms with Gasteiger partial charge in [0.05, 0.1) is 16.8 Å². The van der Waals surface area contributed by atoms with E-state index in [2.05, 4.69) is 5.32 Å². The van der Waals surface area contributed by atoms with E-state index in [1.54, 1.807) is 54.6 Å². The fourth-order valence-corrected chi connectivity index (χ4v) is 2.60. The standard InChI is InChI=1S/C21H15NO5/c23-19(14-4-2-1-3-5-14)22-18-12-16(10-11-17(18)21(26)27)13-6-8-15(9-7-13)20(24)25/h1-12H,(H,22,23)(H,24,25)(H,26,27). The molecule has 0 aliphatic rings. The number of aromatic carboxylic acids is 2. The molecular formula is C21H15NO5. The summed E-state index contributed by atoms with van der Waals surface area (Å²) in [6.45, 7) is 0. The summed E-state index contributed by atoms with van der Waals surface area (Å²) in [7, 11) is 0. The molecule has 0 fully saturated rings. The summed E-state index contributed by atoms with van der Waals surface area (Å²) >= 11 is 0. The van der Waals surface area contributed by atoms with Crippen LogP contribution in [0.15, 0.2) is 72.8 Å². The Morgan fingerprint density at radius 2 is 1.30 bits per heavy atom. The van der Waals surface area contributed by atoms with Gasteiger partial charge in [0.15, 0.2) is 0 Å². The maximum atomic E-state index is 12.4. The Balaban J connectivity index is 1.96. The van der Waals surface area contributed by atoms with Crippen LogP contribution in [0.3, 0.4) is 0 Å². The Kier molecular flexibility index (Phi) is 4.99. The van der Waals surface area contributed by atoms with Gasteiger partial charge < -0.3 is 15.5 Å². The third-order valence-electron chi connectivity index (χ3n) is 4.00. The lowest BCUT2D eigenvalue weighted by molar-refractivity contribution is 0.0686. The summed E-state index contributed by atoms with van der Waals surface area (Å²) in [6.07, 6.45) is 0. The third kappa shape index (κ3) is 4.01. The minimum atomic E-state index is -1.16. The maximum Gasteiger partial charge on any atom is 0.337 e. The van der Waals surface area contributed by atoms with E-state index in [0.717, 1.165) is 0 Å². The molecule has 134 valence electrons. The summed E-state index contributed by atoms with van der Waals surface area (Å²) < 4.78 is 0. The summed E-state index contributed by atoms with van der Waals surface area (Å²) in [5.41, 5.74) is 2.04. The van der Waals surface area contributed by atoms with Crippen molar-refractivity contribution in [2.45, 2.75) is 0 Å². The van der Waals surface area contributed by atoms with Crippen molar-refractivity contribution in [2.24, 2.45) is 0 Å². The lowest BCUT2D eigenvalue weighted by Crippen LogP contribution is -2.14. The highest BCUT2D eigenvalue weighted by Gasteiger charge is 2.15. The zero-order chi connectivity index (χ0) is 19.4. The number of benzene rings is 3. The molecule has 0 aliphatic carbocycles. The van der Waals surface area contributed by atoms with Crippen molar-refractivity contribution in [3.63, 3.8) is 0 Å². The Labute approximate surface area is 154 Å². The van der Waals surface area contributed by atoms with Crippen LogP contribution in [-0.2, 0) is 0 Å². The fourth-order valence-electron chi connectivity index (χ4n) is 2.60. The van der Waals surface area contributed by atoms with E-state index in [1.807, 2.05) is 0 Å². The van der Waals surface area contributed by atoms with Crippen LogP contribution in [0.25, 0.3) is 11.1 Å². The Bertz CT molecular complexity index is 1010. The molecule has 3 aromatic rings. The van der Waals surface area contributed by atoms with Crippen LogP contribution < -0.4 is 5.32 Å². The smallest absolute Gasteiger partial charge is 0.337 e. The number of amides is 1. The normalized spacial score (nSPS) is 10.2. The molecule has 0 saturated carbocycles. The van der Waals surface area contributed by atoms with Gasteiger partial charge >= 0.3 is 11.9 Å². The highest BCUT2D eigenvalue weighted by atomic mass is 16.4. The predicted molar refractivity (Wildman–Crippen MR) is 100 cm³/mol. The van der Waals surface area contributed by atoms with Gasteiger partial charge in [-0.1, -0.05) is 36.4 Å². The molecule has 0 atom stereocenters. The number of hydrogen-bond acceptors (Lipinski definition) is 3. The molecule has 6 nitrogen and oxygen atoms in total. The SMILES string of the molecule is O=C(O)c1ccc(-c2ccc(C(=O)O)c(NC(=O)c3ccccc3)c2)cc1. The monoisotopic (exact) mass is 361 g/mol. The largest absolute Gasteiger partial charge is 0.478 e. The molecule has 0 heterocycles. The molecule has 0 aromatic heterocycles. The lowest BCUT2D eigenvalue weighted by Gasteiger charge is -2.11. The zero-order valence-corrected chi connectivity index (χ0v) is 14.0. The van der Waals surface area contributed by atoms with Gasteiger partial charge in [-0.25, -0.2) is 9.59 Å². The average molecular weight is 361 g/mol. The molecule has 0 spiro atoms. The van der Waals surface area contributed by atoms with E-state index < -0.39 is 17.8 Å². The van der Waals surface area contributed by atoms with E-state index in [9.17, 15) is 19.5 Å². The summed E-state index contributed by atoms with van der Waals surface area (Å²) in [6, 6.07) is 19.2. The molecule has 0 radical (unpaired) electrons. The number of hydrogen-bond donors (Lipinski definition) is 3. The number of carbonyl (C=O) groups is 3. The second-order valence-electron chi connectivity index (χ2n) is 5.77. The Morgan fingerprint density at radius 3 is 1.89 bits per heavy atom. The van der Waals surface area contributed by atoms with Crippen molar-refractivity contribution in [3.05, 3.63) is 89.5 Å². The minimum absolute atomic E-state index is 0.0369. The number of carboxylic acids is 2. The number of rotatable bonds is 5. The number of nitrogens with one attached hydrogen (secondary N) is 1. The minimum Gasteiger partial charge on any atom is -0.478 e. The fraction of sp³-hybridized carbons (Fsp3) is 0. The van der Waals surface area contributed by atoms with E-state index >= 15 is 0 Å². The van der Waals surface area contributed by atoms with Crippen LogP contribution in [0.5, 0.6) is 0 Å². The summed E-state index contributed by atoms with van der Waals surface area (Å²) in [4.78, 5) is 34.8. The van der Waals surface area contributed by atoms with Crippen molar-refractivity contribution in [1.29, 1.82) is 0 Å². The Morgan fingerprint density at radius 1 is 0.667 bits per heavy atom. The molecule has 6 heteroatoms. The van der Waals surface area contributed by atoms with Gasteiger partial charge in [-0.2, -0.15) is 0 Å². The van der Waals surface area contributed by atoms with Crippen molar-refractivity contribution >= 4 is 23.5 Å². The average Bonchev–Trinajstić information content (AvgIpc) is 2.68. The summed E-state index contributed by atoms with van der Waals surface area (Å²) in [5.74, 6) is -2.61. The second kappa shape index (κ2) is 7.53. The van der Waals surface area contributed by atoms with Crippen LogP contribution in [0.4, 0.5) is 5.69 Å². The highest BCUT2D eigenvalue weighted by molar-refractivity contribution is 6.08. The molecular weight excluding hydrogens is 346 g/mol. The topological polar surface area (TPSA) is 104 Å². The highest BCUT2D eigenvalue weighted by Crippen LogP contribution is 2.27. The first-order chi connectivity index (χ1) is 13.0. The van der Waals surface area contributed by atoms with Gasteiger partial charge in [-0.05, 0) is 47.5 Å². The van der Waals surface area contributed by atoms with Gasteiger partial charge in [-0.15, -0.1) is 0 Å². The first kappa shape index (κ1) is 17.9. The van der Waals surface area contributed by atoms with Crippen molar-refractivity contribution in [3.8, 4) is 11.1 Å². The first-order valence-electron chi connectivity index (χ1n) is 8.03. The lowest BCUT2D eigenvalue weighted by atomic mass is 10.0. The molecule has 27 heavy (non-hydrogen) atoms. The molecule has 1 amide bonds. The number of carboxylic acid groups (broad SMARTS) is 2. The zero-order valence-electron chi connectivity index (χ0n) is 14.0. The first-order valence-corrected chi connectivity index (χ1v) is 8.03. The van der Waals surface area contributed by atoms with Crippen molar-refractivity contribution < 1.29 is 24.6 Å². The van der Waals surface area contributed by atoms with E-state index in [-0.39, 0.29) is 16.8 Å². The van der Waals surface area contributed by atoms with Crippen LogP contribution in [-0.4, -0.2) is 28.1 Å². The van der Waals surface area contributed by atoms with Crippen LogP contribution >= 0.6 is 0 Å². The molecule has 3 aromatic carbocycles. The second-order valence-corrected chi connectivity index (χ2v) is 5.77. The van der Waals surface area contributed by atoms with Crippen LogP contribution in [0.2, 0.25) is 0 Å². The molecule has 0 aliphatic heterocycles. The van der Waals surface area contributed by atoms with Gasteiger partial charge in [0.25, 0.3) is 5.91 Å². The molecule has 3 rings (SSSR count). The quantitative estimate of drug-likeness (QED) is 0.637. The van der Waals surface area contributed by atoms with Crippen LogP contribution in [0, 0.1) is 0 Å². The maximum absolute atomic E-state index is 12.4. The number of carbonyl (C=O) groups excluding carboxylic acids is 1. The number of anilines is 1. The molecule has 0 bridgehead atoms. The van der Waals surface area contributed by atoms with Crippen molar-refractivity contribution in [2.75, 3.05) is 5.32 Å². The Hall–Kier alpha value is -3.93. The molecule has 3 N–H and O–H groups in total. The van der Waals surface area contributed by atoms with E-state index in [1.165, 1.54) is 18.2 Å². The van der Waals surface area contributed by atoms with Crippen LogP contribution in [0.1, 0.15) is 31.1 Å². The van der Waals surface area contributed by atoms with Gasteiger partial charge in [0, 0.05) is 5.56 Å². The van der Waals surface area contributed by atoms with Crippen molar-refractivity contribution in [1.82, 2.24) is 0 Å².